The van der Waals surface area contributed by atoms with Crippen molar-refractivity contribution in [2.75, 3.05) is 7.05 Å². The van der Waals surface area contributed by atoms with Crippen molar-refractivity contribution in [3.05, 3.63) is 94.0 Å². The number of cyclic esters (lactones) is 2. The molecule has 1 spiro atoms. The Hall–Kier alpha value is -3.90. The number of allylic oxidation sites excluding steroid dienone is 5. The van der Waals surface area contributed by atoms with E-state index < -0.39 is 5.41 Å². The number of phenols is 1. The molecule has 1 saturated heterocycles. The van der Waals surface area contributed by atoms with Crippen LogP contribution in [0, 0.1) is 35.0 Å². The van der Waals surface area contributed by atoms with E-state index in [9.17, 15) is 14.7 Å². The van der Waals surface area contributed by atoms with Gasteiger partial charge in [-0.15, -0.1) is 0 Å². The van der Waals surface area contributed by atoms with Gasteiger partial charge in [0.05, 0.1) is 11.0 Å². The quantitative estimate of drug-likeness (QED) is 0.234. The number of phenolic OH excluding ortho intramolecular Hbond substituents is 1. The van der Waals surface area contributed by atoms with Gasteiger partial charge in [0, 0.05) is 23.6 Å². The summed E-state index contributed by atoms with van der Waals surface area (Å²) >= 11 is 0. The molecule has 2 aliphatic heterocycles. The molecule has 4 aliphatic carbocycles. The van der Waals surface area contributed by atoms with Crippen molar-refractivity contribution in [3.63, 3.8) is 0 Å². The van der Waals surface area contributed by atoms with Gasteiger partial charge in [-0.3, -0.25) is 0 Å². The van der Waals surface area contributed by atoms with Crippen LogP contribution in [0.4, 0.5) is 0 Å². The van der Waals surface area contributed by atoms with Crippen LogP contribution in [0.15, 0.2) is 82.9 Å². The van der Waals surface area contributed by atoms with Crippen molar-refractivity contribution in [1.82, 2.24) is 5.32 Å². The maximum Gasteiger partial charge on any atom is 0.340 e. The second kappa shape index (κ2) is 13.4. The highest BCUT2D eigenvalue weighted by molar-refractivity contribution is 6.07. The number of fused-ring (bicyclic) bond motifs is 1. The van der Waals surface area contributed by atoms with E-state index in [1.54, 1.807) is 6.07 Å². The summed E-state index contributed by atoms with van der Waals surface area (Å²) < 4.78 is 12.5. The zero-order valence-corrected chi connectivity index (χ0v) is 29.7. The second-order valence-electron chi connectivity index (χ2n) is 15.2. The summed E-state index contributed by atoms with van der Waals surface area (Å²) in [7, 11) is 1.94. The highest BCUT2D eigenvalue weighted by atomic mass is 16.5. The molecule has 2 N–H and O–H groups in total. The molecule has 6 aliphatic rings. The minimum Gasteiger partial charge on any atom is -0.508 e. The Bertz CT molecular complexity index is 1790. The first-order chi connectivity index (χ1) is 23.7. The first-order valence-corrected chi connectivity index (χ1v) is 18.6. The van der Waals surface area contributed by atoms with Gasteiger partial charge in [0.2, 0.25) is 0 Å². The van der Waals surface area contributed by atoms with Crippen molar-refractivity contribution < 1.29 is 24.2 Å². The molecule has 8 rings (SSSR count). The average molecular weight is 662 g/mol. The second-order valence-corrected chi connectivity index (χ2v) is 15.2. The van der Waals surface area contributed by atoms with Gasteiger partial charge < -0.3 is 19.9 Å². The predicted molar refractivity (Wildman–Crippen MR) is 193 cm³/mol. The van der Waals surface area contributed by atoms with E-state index >= 15 is 0 Å². The van der Waals surface area contributed by atoms with Gasteiger partial charge in [0.25, 0.3) is 0 Å². The number of benzene rings is 2. The van der Waals surface area contributed by atoms with Crippen LogP contribution < -0.4 is 5.32 Å². The van der Waals surface area contributed by atoms with Gasteiger partial charge in [-0.1, -0.05) is 64.8 Å². The number of hydrogen-bond donors (Lipinski definition) is 2. The molecule has 6 nitrogen and oxygen atoms in total. The van der Waals surface area contributed by atoms with E-state index in [0.29, 0.717) is 11.5 Å². The normalized spacial score (nSPS) is 27.9. The summed E-state index contributed by atoms with van der Waals surface area (Å²) in [6.07, 6.45) is 12.6. The lowest BCUT2D eigenvalue weighted by Crippen LogP contribution is -2.52. The number of carbonyl (C=O) groups is 2. The van der Waals surface area contributed by atoms with Gasteiger partial charge in [0.1, 0.15) is 17.3 Å². The predicted octanol–water partition coefficient (Wildman–Crippen LogP) is 9.41. The number of carbonyl (C=O) groups excluding carboxylic acids is 2. The fraction of sp³-hybridized carbons (Fsp3) is 0.488. The molecule has 0 aromatic heterocycles. The third kappa shape index (κ3) is 5.60. The topological polar surface area (TPSA) is 84.9 Å². The van der Waals surface area contributed by atoms with E-state index in [1.165, 1.54) is 0 Å². The SMILES string of the molecule is CCC/C=C1\OC(=O)C2=C1CC[C@H]1[C@H]3CC[C@]4(C(=C3c3cc(O)ccc3-c3cccc(CNC)c3)C(=O)O/C4=C\[C@H](CC)CCC(C)C)[C@@H]21. The molecular weight excluding hydrogens is 610 g/mol. The molecule has 49 heavy (non-hydrogen) atoms. The molecule has 258 valence electrons. The Morgan fingerprint density at radius 1 is 1.00 bits per heavy atom. The molecule has 6 heteroatoms. The summed E-state index contributed by atoms with van der Waals surface area (Å²) in [5.41, 5.74) is 6.84. The van der Waals surface area contributed by atoms with Gasteiger partial charge in [-0.25, -0.2) is 9.59 Å². The Morgan fingerprint density at radius 3 is 2.59 bits per heavy atom. The van der Waals surface area contributed by atoms with Gasteiger partial charge in [0.15, 0.2) is 0 Å². The summed E-state index contributed by atoms with van der Waals surface area (Å²) in [5.74, 6) is 1.92. The van der Waals surface area contributed by atoms with E-state index in [-0.39, 0.29) is 41.4 Å². The number of unbranched alkanes of at least 4 members (excludes halogenated alkanes) is 1. The average Bonchev–Trinajstić information content (AvgIpc) is 3.58. The fourth-order valence-corrected chi connectivity index (χ4v) is 9.72. The van der Waals surface area contributed by atoms with Crippen LogP contribution in [0.1, 0.15) is 96.6 Å². The maximum absolute atomic E-state index is 14.5. The monoisotopic (exact) mass is 661 g/mol. The van der Waals surface area contributed by atoms with Crippen LogP contribution in [0.3, 0.4) is 0 Å². The van der Waals surface area contributed by atoms with Crippen LogP contribution in [0.2, 0.25) is 0 Å². The maximum atomic E-state index is 14.5. The van der Waals surface area contributed by atoms with Crippen LogP contribution in [0.25, 0.3) is 16.7 Å². The molecule has 2 aromatic rings. The molecule has 2 heterocycles. The van der Waals surface area contributed by atoms with Crippen LogP contribution in [-0.2, 0) is 25.6 Å². The molecule has 0 radical (unpaired) electrons. The smallest absolute Gasteiger partial charge is 0.340 e. The molecule has 5 atom stereocenters. The largest absolute Gasteiger partial charge is 0.508 e. The molecule has 1 saturated carbocycles. The Balaban J connectivity index is 1.47. The van der Waals surface area contributed by atoms with Gasteiger partial charge in [-0.2, -0.15) is 0 Å². The van der Waals surface area contributed by atoms with E-state index in [0.717, 1.165) is 115 Å². The van der Waals surface area contributed by atoms with Gasteiger partial charge >= 0.3 is 11.9 Å². The lowest BCUT2D eigenvalue weighted by molar-refractivity contribution is -0.135. The van der Waals surface area contributed by atoms with Crippen molar-refractivity contribution in [3.8, 4) is 16.9 Å². The number of esters is 2. The van der Waals surface area contributed by atoms with Crippen LogP contribution >= 0.6 is 0 Å². The number of aromatic hydroxyl groups is 1. The first-order valence-electron chi connectivity index (χ1n) is 18.6. The standard InChI is InChI=1S/C43H51NO5/c1-6-8-12-35-33-18-17-32-31-19-20-43(39(32)38(33)41(46)48-35)36(22-26(7-2)14-13-25(3)4)49-42(47)40(43)37(31)34-23-29(45)15-16-30(34)28-11-9-10-27(21-28)24-44-5/h9-12,15-16,21-23,25-26,31-32,39,44-45H,6-8,13-14,17-20,24H2,1-5H3/b35-12-,36-22-/t26-,31-,32+,39-,43-/m1/s1. The van der Waals surface area contributed by atoms with E-state index in [1.807, 2.05) is 19.2 Å². The molecule has 2 bridgehead atoms. The summed E-state index contributed by atoms with van der Waals surface area (Å²) in [4.78, 5) is 28.5. The zero-order valence-electron chi connectivity index (χ0n) is 29.7. The van der Waals surface area contributed by atoms with Crippen LogP contribution in [-0.4, -0.2) is 24.1 Å². The van der Waals surface area contributed by atoms with Crippen molar-refractivity contribution >= 4 is 17.5 Å². The summed E-state index contributed by atoms with van der Waals surface area (Å²) in [5, 5.41) is 14.2. The molecule has 0 unspecified atom stereocenters. The molecule has 2 fully saturated rings. The van der Waals surface area contributed by atoms with Crippen molar-refractivity contribution in [1.29, 1.82) is 0 Å². The minimum atomic E-state index is -0.756. The third-order valence-corrected chi connectivity index (χ3v) is 11.9. The number of hydrogen-bond acceptors (Lipinski definition) is 6. The van der Waals surface area contributed by atoms with E-state index in [4.69, 9.17) is 9.47 Å². The third-order valence-electron chi connectivity index (χ3n) is 11.9. The number of nitrogens with one attached hydrogen (secondary N) is 1. The van der Waals surface area contributed by atoms with Crippen LogP contribution in [0.5, 0.6) is 5.75 Å². The summed E-state index contributed by atoms with van der Waals surface area (Å²) in [6.45, 7) is 9.58. The zero-order chi connectivity index (χ0) is 34.4. The lowest BCUT2D eigenvalue weighted by Gasteiger charge is -2.56. The van der Waals surface area contributed by atoms with Crippen molar-refractivity contribution in [2.45, 2.75) is 92.0 Å². The highest BCUT2D eigenvalue weighted by Gasteiger charge is 2.68. The fourth-order valence-electron chi connectivity index (χ4n) is 9.72. The molecular formula is C43H51NO5. The Kier molecular flexibility index (Phi) is 9.21. The number of rotatable bonds is 11. The lowest BCUT2D eigenvalue weighted by atomic mass is 9.44. The Morgan fingerprint density at radius 2 is 1.84 bits per heavy atom. The van der Waals surface area contributed by atoms with Crippen molar-refractivity contribution in [2.24, 2.45) is 35.0 Å². The Labute approximate surface area is 291 Å². The molecule has 2 aromatic carbocycles. The highest BCUT2D eigenvalue weighted by Crippen LogP contribution is 2.72. The first kappa shape index (κ1) is 33.6. The number of ether oxygens (including phenoxy) is 2. The molecule has 0 amide bonds. The minimum absolute atomic E-state index is 0.0447. The summed E-state index contributed by atoms with van der Waals surface area (Å²) in [6, 6.07) is 14.0. The van der Waals surface area contributed by atoms with Gasteiger partial charge in [-0.05, 0) is 134 Å². The van der Waals surface area contributed by atoms with E-state index in [2.05, 4.69) is 69.4 Å².